The lowest BCUT2D eigenvalue weighted by Gasteiger charge is -2.07. The number of nitrogens with zero attached hydrogens (tertiary/aromatic N) is 2. The molecule has 2 nitrogen and oxygen atoms in total. The highest BCUT2D eigenvalue weighted by atomic mass is 15.1. The van der Waals surface area contributed by atoms with E-state index >= 15 is 0 Å². The van der Waals surface area contributed by atoms with Crippen molar-refractivity contribution in [1.29, 1.82) is 0 Å². The number of rotatable bonds is 12. The summed E-state index contributed by atoms with van der Waals surface area (Å²) in [5.74, 6) is 1.06. The van der Waals surface area contributed by atoms with Gasteiger partial charge in [0.1, 0.15) is 5.82 Å². The SMILES string of the molecule is CCCCCCCCCCCn1c(C=Cc2ccccc2)nc2ccccc21. The highest BCUT2D eigenvalue weighted by Gasteiger charge is 2.07. The molecule has 0 aliphatic carbocycles. The second-order valence-corrected chi connectivity index (χ2v) is 7.68. The van der Waals surface area contributed by atoms with E-state index in [1.807, 2.05) is 0 Å². The number of aryl methyl sites for hydroxylation is 1. The maximum Gasteiger partial charge on any atom is 0.133 e. The Morgan fingerprint density at radius 1 is 0.714 bits per heavy atom. The summed E-state index contributed by atoms with van der Waals surface area (Å²) in [5, 5.41) is 0. The van der Waals surface area contributed by atoms with E-state index in [1.54, 1.807) is 0 Å². The lowest BCUT2D eigenvalue weighted by molar-refractivity contribution is 0.541. The zero-order valence-electron chi connectivity index (χ0n) is 17.3. The van der Waals surface area contributed by atoms with Crippen molar-refractivity contribution in [3.8, 4) is 0 Å². The molecular formula is C26H34N2. The van der Waals surface area contributed by atoms with E-state index in [0.29, 0.717) is 0 Å². The highest BCUT2D eigenvalue weighted by molar-refractivity contribution is 5.79. The quantitative estimate of drug-likeness (QED) is 0.296. The van der Waals surface area contributed by atoms with Crippen molar-refractivity contribution in [3.63, 3.8) is 0 Å². The van der Waals surface area contributed by atoms with Crippen molar-refractivity contribution in [1.82, 2.24) is 9.55 Å². The number of para-hydroxylation sites is 2. The fraction of sp³-hybridized carbons (Fsp3) is 0.423. The van der Waals surface area contributed by atoms with Crippen molar-refractivity contribution < 1.29 is 0 Å². The third-order valence-corrected chi connectivity index (χ3v) is 5.39. The molecule has 0 saturated heterocycles. The second kappa shape index (κ2) is 11.5. The van der Waals surface area contributed by atoms with Crippen LogP contribution in [0.4, 0.5) is 0 Å². The van der Waals surface area contributed by atoms with Crippen LogP contribution in [0.3, 0.4) is 0 Å². The third-order valence-electron chi connectivity index (χ3n) is 5.39. The number of unbranched alkanes of at least 4 members (excludes halogenated alkanes) is 8. The zero-order chi connectivity index (χ0) is 19.4. The maximum absolute atomic E-state index is 4.86. The van der Waals surface area contributed by atoms with Gasteiger partial charge in [0, 0.05) is 6.54 Å². The Bertz CT molecular complexity index is 845. The molecule has 2 heteroatoms. The summed E-state index contributed by atoms with van der Waals surface area (Å²) in [5.41, 5.74) is 3.55. The van der Waals surface area contributed by atoms with Gasteiger partial charge in [0.25, 0.3) is 0 Å². The van der Waals surface area contributed by atoms with E-state index in [4.69, 9.17) is 4.98 Å². The largest absolute Gasteiger partial charge is 0.324 e. The van der Waals surface area contributed by atoms with Crippen LogP contribution in [-0.4, -0.2) is 9.55 Å². The van der Waals surface area contributed by atoms with Gasteiger partial charge in [0.15, 0.2) is 0 Å². The van der Waals surface area contributed by atoms with Crippen LogP contribution in [0.15, 0.2) is 54.6 Å². The first kappa shape index (κ1) is 20.4. The smallest absolute Gasteiger partial charge is 0.133 e. The standard InChI is InChI=1S/C26H34N2/c1-2-3-4-5-6-7-8-9-15-22-28-25-19-14-13-18-24(25)27-26(28)21-20-23-16-11-10-12-17-23/h10-14,16-21H,2-9,15,22H2,1H3. The summed E-state index contributed by atoms with van der Waals surface area (Å²) in [6, 6.07) is 18.9. The summed E-state index contributed by atoms with van der Waals surface area (Å²) >= 11 is 0. The minimum absolute atomic E-state index is 1.05. The molecule has 1 aromatic heterocycles. The minimum atomic E-state index is 1.05. The lowest BCUT2D eigenvalue weighted by Crippen LogP contribution is -2.00. The molecule has 0 aliphatic heterocycles. The van der Waals surface area contributed by atoms with Crippen molar-refractivity contribution in [2.45, 2.75) is 71.3 Å². The first-order chi connectivity index (χ1) is 13.9. The second-order valence-electron chi connectivity index (χ2n) is 7.68. The molecule has 0 radical (unpaired) electrons. The van der Waals surface area contributed by atoms with Crippen molar-refractivity contribution in [2.75, 3.05) is 0 Å². The third kappa shape index (κ3) is 6.09. The molecule has 0 aliphatic rings. The van der Waals surface area contributed by atoms with Crippen LogP contribution in [0.25, 0.3) is 23.2 Å². The average Bonchev–Trinajstić information content (AvgIpc) is 3.09. The molecule has 2 aromatic carbocycles. The van der Waals surface area contributed by atoms with E-state index < -0.39 is 0 Å². The van der Waals surface area contributed by atoms with Crippen LogP contribution in [0.1, 0.15) is 76.1 Å². The molecule has 148 valence electrons. The Labute approximate surface area is 170 Å². The Balaban J connectivity index is 1.56. The molecule has 0 N–H and O–H groups in total. The molecule has 0 amide bonds. The minimum Gasteiger partial charge on any atom is -0.324 e. The van der Waals surface area contributed by atoms with Crippen LogP contribution in [-0.2, 0) is 6.54 Å². The number of imidazole rings is 1. The summed E-state index contributed by atoms with van der Waals surface area (Å²) in [6.07, 6.45) is 16.5. The van der Waals surface area contributed by atoms with Gasteiger partial charge in [-0.25, -0.2) is 4.98 Å². The van der Waals surface area contributed by atoms with Crippen LogP contribution in [0, 0.1) is 0 Å². The Morgan fingerprint density at radius 2 is 1.36 bits per heavy atom. The highest BCUT2D eigenvalue weighted by Crippen LogP contribution is 2.19. The number of benzene rings is 2. The average molecular weight is 375 g/mol. The van der Waals surface area contributed by atoms with E-state index in [2.05, 4.69) is 78.2 Å². The first-order valence-corrected chi connectivity index (χ1v) is 11.1. The predicted molar refractivity (Wildman–Crippen MR) is 122 cm³/mol. The molecule has 0 unspecified atom stereocenters. The molecule has 3 rings (SSSR count). The summed E-state index contributed by atoms with van der Waals surface area (Å²) in [7, 11) is 0. The van der Waals surface area contributed by atoms with Crippen LogP contribution in [0.5, 0.6) is 0 Å². The van der Waals surface area contributed by atoms with Gasteiger partial charge in [-0.05, 0) is 30.2 Å². The molecule has 28 heavy (non-hydrogen) atoms. The Morgan fingerprint density at radius 3 is 2.11 bits per heavy atom. The van der Waals surface area contributed by atoms with Gasteiger partial charge in [-0.15, -0.1) is 0 Å². The fourth-order valence-electron chi connectivity index (χ4n) is 3.77. The molecular weight excluding hydrogens is 340 g/mol. The molecule has 0 saturated carbocycles. The lowest BCUT2D eigenvalue weighted by atomic mass is 10.1. The number of fused-ring (bicyclic) bond motifs is 1. The van der Waals surface area contributed by atoms with E-state index in [0.717, 1.165) is 17.9 Å². The molecule has 3 aromatic rings. The first-order valence-electron chi connectivity index (χ1n) is 11.1. The Hall–Kier alpha value is -2.35. The van der Waals surface area contributed by atoms with E-state index in [1.165, 1.54) is 68.9 Å². The fourth-order valence-corrected chi connectivity index (χ4v) is 3.77. The molecule has 1 heterocycles. The normalized spacial score (nSPS) is 11.6. The van der Waals surface area contributed by atoms with Gasteiger partial charge < -0.3 is 4.57 Å². The van der Waals surface area contributed by atoms with Gasteiger partial charge in [0.05, 0.1) is 11.0 Å². The van der Waals surface area contributed by atoms with Gasteiger partial charge in [-0.3, -0.25) is 0 Å². The maximum atomic E-state index is 4.86. The number of aromatic nitrogens is 2. The van der Waals surface area contributed by atoms with Crippen LogP contribution >= 0.6 is 0 Å². The van der Waals surface area contributed by atoms with Crippen molar-refractivity contribution in [3.05, 3.63) is 66.0 Å². The number of hydrogen-bond donors (Lipinski definition) is 0. The molecule has 0 bridgehead atoms. The monoisotopic (exact) mass is 374 g/mol. The van der Waals surface area contributed by atoms with Crippen LogP contribution < -0.4 is 0 Å². The number of hydrogen-bond acceptors (Lipinski definition) is 1. The molecule has 0 atom stereocenters. The van der Waals surface area contributed by atoms with Crippen LogP contribution in [0.2, 0.25) is 0 Å². The predicted octanol–water partition coefficient (Wildman–Crippen LogP) is 7.74. The topological polar surface area (TPSA) is 17.8 Å². The summed E-state index contributed by atoms with van der Waals surface area (Å²) in [6.45, 7) is 3.33. The van der Waals surface area contributed by atoms with Gasteiger partial charge in [0.2, 0.25) is 0 Å². The molecule has 0 fully saturated rings. The summed E-state index contributed by atoms with van der Waals surface area (Å²) < 4.78 is 2.38. The Kier molecular flexibility index (Phi) is 8.36. The van der Waals surface area contributed by atoms with Crippen molar-refractivity contribution >= 4 is 23.2 Å². The summed E-state index contributed by atoms with van der Waals surface area (Å²) in [4.78, 5) is 4.86. The van der Waals surface area contributed by atoms with E-state index in [-0.39, 0.29) is 0 Å². The van der Waals surface area contributed by atoms with Gasteiger partial charge in [-0.1, -0.05) is 107 Å². The zero-order valence-corrected chi connectivity index (χ0v) is 17.3. The van der Waals surface area contributed by atoms with Crippen molar-refractivity contribution in [2.24, 2.45) is 0 Å². The van der Waals surface area contributed by atoms with Gasteiger partial charge >= 0.3 is 0 Å². The molecule has 0 spiro atoms. The van der Waals surface area contributed by atoms with Gasteiger partial charge in [-0.2, -0.15) is 0 Å². The van der Waals surface area contributed by atoms with E-state index in [9.17, 15) is 0 Å².